The molecule has 1 saturated carbocycles. The monoisotopic (exact) mass is 399 g/mol. The van der Waals surface area contributed by atoms with Crippen LogP contribution in [0.1, 0.15) is 19.8 Å². The molecule has 4 rings (SSSR count). The zero-order chi connectivity index (χ0) is 20.4. The number of carbonyl (C=O) groups is 1. The van der Waals surface area contributed by atoms with Crippen LogP contribution in [0, 0.1) is 0 Å². The number of amides is 1. The molecule has 0 aromatic carbocycles. The molecule has 2 aromatic heterocycles. The van der Waals surface area contributed by atoms with Crippen molar-refractivity contribution in [1.82, 2.24) is 24.8 Å². The minimum atomic E-state index is 0.0183. The fourth-order valence-corrected chi connectivity index (χ4v) is 3.37. The summed E-state index contributed by atoms with van der Waals surface area (Å²) in [5.74, 6) is 1.37. The van der Waals surface area contributed by atoms with Crippen LogP contribution in [-0.4, -0.2) is 76.2 Å². The molecule has 2 N–H and O–H groups in total. The van der Waals surface area contributed by atoms with Crippen LogP contribution < -0.4 is 15.4 Å². The van der Waals surface area contributed by atoms with Crippen LogP contribution in [0.5, 0.6) is 5.88 Å². The van der Waals surface area contributed by atoms with Gasteiger partial charge in [-0.15, -0.1) is 0 Å². The SMILES string of the molecule is CC(=O)N(C)[C@H]1C[C@H](Oc2cc(-c3cnc(N)nc3)nc(N3CCOCC3)n2)C1. The Labute approximate surface area is 169 Å². The third-order valence-electron chi connectivity index (χ3n) is 5.35. The lowest BCUT2D eigenvalue weighted by Gasteiger charge is -2.40. The van der Waals surface area contributed by atoms with Crippen molar-refractivity contribution in [3.05, 3.63) is 18.5 Å². The van der Waals surface area contributed by atoms with Crippen LogP contribution in [0.4, 0.5) is 11.9 Å². The van der Waals surface area contributed by atoms with Gasteiger partial charge < -0.3 is 25.0 Å². The Balaban J connectivity index is 1.55. The molecular formula is C19H25N7O3. The van der Waals surface area contributed by atoms with E-state index in [-0.39, 0.29) is 24.0 Å². The normalized spacial score (nSPS) is 21.4. The van der Waals surface area contributed by atoms with Crippen LogP contribution in [-0.2, 0) is 9.53 Å². The number of hydrogen-bond donors (Lipinski definition) is 1. The molecule has 1 aliphatic carbocycles. The van der Waals surface area contributed by atoms with Crippen LogP contribution in [0.2, 0.25) is 0 Å². The van der Waals surface area contributed by atoms with Crippen molar-refractivity contribution in [2.75, 3.05) is 44.0 Å². The lowest BCUT2D eigenvalue weighted by molar-refractivity contribution is -0.133. The van der Waals surface area contributed by atoms with E-state index in [0.29, 0.717) is 30.7 Å². The zero-order valence-corrected chi connectivity index (χ0v) is 16.6. The van der Waals surface area contributed by atoms with E-state index in [9.17, 15) is 4.79 Å². The molecule has 0 radical (unpaired) electrons. The summed E-state index contributed by atoms with van der Waals surface area (Å²) < 4.78 is 11.5. The molecule has 2 aliphatic rings. The van der Waals surface area contributed by atoms with Gasteiger partial charge in [-0.2, -0.15) is 4.98 Å². The molecule has 3 heterocycles. The molecule has 1 aliphatic heterocycles. The van der Waals surface area contributed by atoms with Crippen molar-refractivity contribution >= 4 is 17.8 Å². The van der Waals surface area contributed by atoms with Crippen LogP contribution in [0.15, 0.2) is 18.5 Å². The second kappa shape index (κ2) is 8.16. The third-order valence-corrected chi connectivity index (χ3v) is 5.35. The van der Waals surface area contributed by atoms with Crippen molar-refractivity contribution in [2.45, 2.75) is 31.9 Å². The Bertz CT molecular complexity index is 865. The Morgan fingerprint density at radius 3 is 2.59 bits per heavy atom. The van der Waals surface area contributed by atoms with Gasteiger partial charge in [-0.1, -0.05) is 0 Å². The molecule has 29 heavy (non-hydrogen) atoms. The number of anilines is 2. The second-order valence-electron chi connectivity index (χ2n) is 7.32. The van der Waals surface area contributed by atoms with Crippen LogP contribution in [0.25, 0.3) is 11.3 Å². The highest BCUT2D eigenvalue weighted by Crippen LogP contribution is 2.31. The average molecular weight is 399 g/mol. The molecule has 1 amide bonds. The standard InChI is InChI=1S/C19H25N7O3/c1-12(27)25(2)14-7-15(8-14)29-17-9-16(13-10-21-18(20)22-11-13)23-19(24-17)26-3-5-28-6-4-26/h9-11,14-15H,3-8H2,1-2H3,(H2,20,21,22)/t14-,15-. The summed E-state index contributed by atoms with van der Waals surface area (Å²) in [6.45, 7) is 4.28. The summed E-state index contributed by atoms with van der Waals surface area (Å²) >= 11 is 0. The molecule has 2 aromatic rings. The second-order valence-corrected chi connectivity index (χ2v) is 7.32. The van der Waals surface area contributed by atoms with Crippen molar-refractivity contribution in [3.8, 4) is 17.1 Å². The fraction of sp³-hybridized carbons (Fsp3) is 0.526. The van der Waals surface area contributed by atoms with Gasteiger partial charge in [0, 0.05) is 70.0 Å². The van der Waals surface area contributed by atoms with Gasteiger partial charge in [0.15, 0.2) is 0 Å². The first-order valence-corrected chi connectivity index (χ1v) is 9.69. The molecular weight excluding hydrogens is 374 g/mol. The van der Waals surface area contributed by atoms with Gasteiger partial charge in [-0.3, -0.25) is 4.79 Å². The predicted molar refractivity (Wildman–Crippen MR) is 106 cm³/mol. The third kappa shape index (κ3) is 4.37. The van der Waals surface area contributed by atoms with Gasteiger partial charge in [0.2, 0.25) is 23.7 Å². The van der Waals surface area contributed by atoms with E-state index < -0.39 is 0 Å². The molecule has 0 atom stereocenters. The first kappa shape index (κ1) is 19.3. The molecule has 2 fully saturated rings. The predicted octanol–water partition coefficient (Wildman–Crippen LogP) is 0.741. The number of nitrogen functional groups attached to an aromatic ring is 1. The molecule has 0 bridgehead atoms. The summed E-state index contributed by atoms with van der Waals surface area (Å²) in [6, 6.07) is 2.00. The van der Waals surface area contributed by atoms with E-state index in [4.69, 9.17) is 15.2 Å². The summed E-state index contributed by atoms with van der Waals surface area (Å²) in [6.07, 6.45) is 4.86. The highest BCUT2D eigenvalue weighted by molar-refractivity contribution is 5.73. The molecule has 10 nitrogen and oxygen atoms in total. The largest absolute Gasteiger partial charge is 0.474 e. The maximum Gasteiger partial charge on any atom is 0.229 e. The highest BCUT2D eigenvalue weighted by atomic mass is 16.5. The van der Waals surface area contributed by atoms with Gasteiger partial charge in [0.05, 0.1) is 18.9 Å². The smallest absolute Gasteiger partial charge is 0.229 e. The van der Waals surface area contributed by atoms with E-state index in [1.807, 2.05) is 7.05 Å². The molecule has 1 saturated heterocycles. The maximum absolute atomic E-state index is 11.5. The van der Waals surface area contributed by atoms with E-state index in [0.717, 1.165) is 31.5 Å². The minimum Gasteiger partial charge on any atom is -0.474 e. The van der Waals surface area contributed by atoms with E-state index in [2.05, 4.69) is 24.8 Å². The van der Waals surface area contributed by atoms with Gasteiger partial charge in [0.25, 0.3) is 0 Å². The minimum absolute atomic E-state index is 0.0183. The average Bonchev–Trinajstić information content (AvgIpc) is 2.71. The Kier molecular flexibility index (Phi) is 5.43. The Morgan fingerprint density at radius 2 is 1.93 bits per heavy atom. The van der Waals surface area contributed by atoms with Gasteiger partial charge >= 0.3 is 0 Å². The first-order valence-electron chi connectivity index (χ1n) is 9.69. The molecule has 0 spiro atoms. The Morgan fingerprint density at radius 1 is 1.24 bits per heavy atom. The number of hydrogen-bond acceptors (Lipinski definition) is 9. The molecule has 0 unspecified atom stereocenters. The number of rotatable bonds is 5. The van der Waals surface area contributed by atoms with Gasteiger partial charge in [-0.25, -0.2) is 15.0 Å². The van der Waals surface area contributed by atoms with Gasteiger partial charge in [-0.05, 0) is 0 Å². The number of aromatic nitrogens is 4. The number of carbonyl (C=O) groups excluding carboxylic acids is 1. The topological polar surface area (TPSA) is 120 Å². The van der Waals surface area contributed by atoms with Crippen molar-refractivity contribution in [3.63, 3.8) is 0 Å². The van der Waals surface area contributed by atoms with Crippen LogP contribution >= 0.6 is 0 Å². The number of morpholine rings is 1. The summed E-state index contributed by atoms with van der Waals surface area (Å²) in [4.78, 5) is 32.8. The summed E-state index contributed by atoms with van der Waals surface area (Å²) in [5, 5.41) is 0. The summed E-state index contributed by atoms with van der Waals surface area (Å²) in [7, 11) is 1.82. The first-order chi connectivity index (χ1) is 14.0. The molecule has 10 heteroatoms. The maximum atomic E-state index is 11.5. The van der Waals surface area contributed by atoms with Crippen molar-refractivity contribution < 1.29 is 14.3 Å². The zero-order valence-electron chi connectivity index (χ0n) is 16.6. The lowest BCUT2D eigenvalue weighted by Crippen LogP contribution is -2.49. The number of nitrogens with two attached hydrogens (primary N) is 1. The van der Waals surface area contributed by atoms with Crippen molar-refractivity contribution in [1.29, 1.82) is 0 Å². The quantitative estimate of drug-likeness (QED) is 0.776. The highest BCUT2D eigenvalue weighted by Gasteiger charge is 2.35. The lowest BCUT2D eigenvalue weighted by atomic mass is 9.88. The van der Waals surface area contributed by atoms with Crippen molar-refractivity contribution in [2.24, 2.45) is 0 Å². The number of nitrogens with zero attached hydrogens (tertiary/aromatic N) is 6. The Hall–Kier alpha value is -3.01. The van der Waals surface area contributed by atoms with E-state index in [1.54, 1.807) is 30.3 Å². The summed E-state index contributed by atoms with van der Waals surface area (Å²) in [5.41, 5.74) is 7.02. The van der Waals surface area contributed by atoms with Crippen LogP contribution in [0.3, 0.4) is 0 Å². The van der Waals surface area contributed by atoms with Gasteiger partial charge in [0.1, 0.15) is 6.10 Å². The fourth-order valence-electron chi connectivity index (χ4n) is 3.37. The molecule has 154 valence electrons. The van der Waals surface area contributed by atoms with E-state index in [1.165, 1.54) is 0 Å². The van der Waals surface area contributed by atoms with E-state index >= 15 is 0 Å². The number of ether oxygens (including phenoxy) is 2.